The van der Waals surface area contributed by atoms with E-state index in [0.29, 0.717) is 41.4 Å². The number of hydrogen-bond donors (Lipinski definition) is 0. The van der Waals surface area contributed by atoms with Crippen LogP contribution in [0.4, 0.5) is 5.69 Å². The van der Waals surface area contributed by atoms with Crippen LogP contribution in [-0.2, 0) is 40.0 Å². The second kappa shape index (κ2) is 24.9. The van der Waals surface area contributed by atoms with Gasteiger partial charge in [0.1, 0.15) is 17.3 Å². The Kier molecular flexibility index (Phi) is 13.8. The summed E-state index contributed by atoms with van der Waals surface area (Å²) in [4.78, 5) is 9.03. The predicted molar refractivity (Wildman–Crippen MR) is 403 cm³/mol. The van der Waals surface area contributed by atoms with Crippen LogP contribution in [0.5, 0.6) is 11.5 Å². The van der Waals surface area contributed by atoms with Crippen LogP contribution < -0.4 is 9.30 Å². The van der Waals surface area contributed by atoms with E-state index in [4.69, 9.17) is 30.0 Å². The zero-order chi connectivity index (χ0) is 76.3. The molecule has 0 aliphatic carbocycles. The van der Waals surface area contributed by atoms with Crippen LogP contribution in [0.1, 0.15) is 157 Å². The molecular weight excluding hydrogens is 1170 g/mol. The Balaban J connectivity index is 0.910. The number of aryl methyl sites for hydroxylation is 1. The van der Waals surface area contributed by atoms with E-state index in [1.54, 1.807) is 30.3 Å². The van der Waals surface area contributed by atoms with Crippen molar-refractivity contribution in [3.63, 3.8) is 0 Å². The first-order chi connectivity index (χ1) is 49.8. The van der Waals surface area contributed by atoms with Gasteiger partial charge in [0.15, 0.2) is 5.69 Å². The molecule has 0 bridgehead atoms. The van der Waals surface area contributed by atoms with E-state index in [9.17, 15) is 0 Å². The van der Waals surface area contributed by atoms with E-state index in [0.717, 1.165) is 66.5 Å². The Morgan fingerprint density at radius 3 is 1.55 bits per heavy atom. The van der Waals surface area contributed by atoms with Crippen LogP contribution >= 0.6 is 0 Å². The minimum absolute atomic E-state index is 0.0589. The third-order valence-corrected chi connectivity index (χ3v) is 18.5. The molecule has 0 aliphatic rings. The molecule has 13 rings (SSSR count). The fourth-order valence-corrected chi connectivity index (χ4v) is 12.9. The number of aromatic nitrogens is 4. The molecule has 0 radical (unpaired) electrons. The molecule has 0 unspecified atom stereocenters. The molecule has 10 aromatic carbocycles. The maximum atomic E-state index is 9.00. The molecule has 3 heterocycles. The van der Waals surface area contributed by atoms with Crippen molar-refractivity contribution >= 4 is 38.5 Å². The largest absolute Gasteiger partial charge is 0.459 e. The van der Waals surface area contributed by atoms with Crippen molar-refractivity contribution in [2.24, 2.45) is 0 Å². The Morgan fingerprint density at radius 1 is 0.458 bits per heavy atom. The van der Waals surface area contributed by atoms with Crippen LogP contribution in [0.25, 0.3) is 105 Å². The number of rotatable bonds is 13. The molecule has 480 valence electrons. The fourth-order valence-electron chi connectivity index (χ4n) is 12.9. The van der Waals surface area contributed by atoms with Crippen molar-refractivity contribution in [2.75, 3.05) is 0 Å². The lowest BCUT2D eigenvalue weighted by Gasteiger charge is -2.27. The van der Waals surface area contributed by atoms with Gasteiger partial charge >= 0.3 is 0 Å². The molecule has 0 saturated heterocycles. The SMILES string of the molecule is [2H]c1c([2H])c([2H])c(-c2cccc(-c3c([2H])c([2H])c([2H])c([2H])c3[2H])c2CCC[n+]2[c-]n(-c3cc([N+]#[C-])cc(Oc4ccc5c6cc(-c7cc(-c8cc(C(C)(C)C)cc(C(C)(C)C)c8)cc(-c8cc(C(C)(C)C)cc(C(C)(C)C)c8)c7)ccc6n(-c6cc(C(C)(C)C)ccn6)c5c4)c3)c3ccccc32)c([2H])c1[2H]. The summed E-state index contributed by atoms with van der Waals surface area (Å²) in [5.74, 6) is 1.72. The lowest BCUT2D eigenvalue weighted by molar-refractivity contribution is -0.676. The molecule has 0 fully saturated rings. The first kappa shape index (κ1) is 53.2. The van der Waals surface area contributed by atoms with Crippen molar-refractivity contribution in [2.45, 2.75) is 150 Å². The van der Waals surface area contributed by atoms with Gasteiger partial charge in [-0.1, -0.05) is 255 Å². The number of fused-ring (bicyclic) bond motifs is 4. The van der Waals surface area contributed by atoms with Crippen LogP contribution in [-0.4, -0.2) is 14.1 Å². The number of nitrogens with zero attached hydrogens (tertiary/aromatic N) is 5. The third-order valence-electron chi connectivity index (χ3n) is 18.5. The molecular formula is C90H89N5O. The minimum atomic E-state index is -0.549. The number of hydrogen-bond acceptors (Lipinski definition) is 2. The number of para-hydroxylation sites is 2. The maximum absolute atomic E-state index is 9.00. The third kappa shape index (κ3) is 13.2. The zero-order valence-corrected chi connectivity index (χ0v) is 57.9. The van der Waals surface area contributed by atoms with Crippen molar-refractivity contribution in [3.05, 3.63) is 282 Å². The van der Waals surface area contributed by atoms with Crippen LogP contribution in [0.15, 0.2) is 230 Å². The van der Waals surface area contributed by atoms with Gasteiger partial charge in [-0.05, 0) is 196 Å². The van der Waals surface area contributed by atoms with Gasteiger partial charge in [-0.2, -0.15) is 0 Å². The van der Waals surface area contributed by atoms with Crippen molar-refractivity contribution in [1.82, 2.24) is 14.1 Å². The molecule has 6 heteroatoms. The maximum Gasteiger partial charge on any atom is 0.244 e. The first-order valence-corrected chi connectivity index (χ1v) is 33.2. The van der Waals surface area contributed by atoms with E-state index in [1.807, 2.05) is 51.7 Å². The average molecular weight is 1270 g/mol. The number of imidazole rings is 1. The molecule has 13 aromatic rings. The Morgan fingerprint density at radius 2 is 1.00 bits per heavy atom. The van der Waals surface area contributed by atoms with E-state index in [-0.39, 0.29) is 55.7 Å². The Hall–Kier alpha value is -10.1. The Labute approximate surface area is 583 Å². The topological polar surface area (TPSA) is 40.2 Å². The van der Waals surface area contributed by atoms with Gasteiger partial charge in [-0.3, -0.25) is 4.57 Å². The highest BCUT2D eigenvalue weighted by molar-refractivity contribution is 6.11. The highest BCUT2D eigenvalue weighted by Gasteiger charge is 2.26. The van der Waals surface area contributed by atoms with Gasteiger partial charge in [0.05, 0.1) is 48.9 Å². The lowest BCUT2D eigenvalue weighted by atomic mass is 9.78. The summed E-state index contributed by atoms with van der Waals surface area (Å²) in [6.45, 7) is 42.9. The van der Waals surface area contributed by atoms with Crippen LogP contribution in [0.3, 0.4) is 0 Å². The quantitative estimate of drug-likeness (QED) is 0.0853. The second-order valence-corrected chi connectivity index (χ2v) is 30.7. The van der Waals surface area contributed by atoms with Gasteiger partial charge in [-0.15, -0.1) is 0 Å². The Bertz CT molecular complexity index is 5480. The summed E-state index contributed by atoms with van der Waals surface area (Å²) < 4.78 is 100. The standard InChI is InChI=1S/C90H89N5O/c1-86(2,3)67-40-41-92-85(53-67)95-81-39-36-61(62-43-63(65-46-68(87(4,5)6)51-69(47-65)88(7,8)9)45-64(44-62)66-48-70(89(10,11)12)52-71(49-66)90(13,14)15)50-80(81)79-38-37-74(57-84(79)95)96-75-55-72(91-16)54-73(56-75)94-58-93(82-34-23-24-35-83(82)94)42-26-33-78-76(59-27-19-17-20-28-59)31-25-32-77(78)60-29-21-18-22-30-60/h17-25,27-32,34-41,43-57H,26,33,42H2,1-15H3/i17D,18D,19D,20D,21D,22D,27D,28D,29D,30D. The molecule has 0 aliphatic heterocycles. The molecule has 0 spiro atoms. The molecule has 3 aromatic heterocycles. The predicted octanol–water partition coefficient (Wildman–Crippen LogP) is 24.0. The summed E-state index contributed by atoms with van der Waals surface area (Å²) >= 11 is 0. The lowest BCUT2D eigenvalue weighted by Crippen LogP contribution is -2.33. The summed E-state index contributed by atoms with van der Waals surface area (Å²) in [6.07, 6.45) is 6.00. The zero-order valence-electron chi connectivity index (χ0n) is 67.9. The highest BCUT2D eigenvalue weighted by atomic mass is 16.5. The molecule has 0 amide bonds. The summed E-state index contributed by atoms with van der Waals surface area (Å²) in [5.41, 5.74) is 17.8. The average Bonchev–Trinajstić information content (AvgIpc) is 1.48. The van der Waals surface area contributed by atoms with Gasteiger partial charge in [-0.25, -0.2) is 9.83 Å². The number of ether oxygens (including phenoxy) is 1. The minimum Gasteiger partial charge on any atom is -0.459 e. The van der Waals surface area contributed by atoms with E-state index < -0.39 is 60.4 Å². The monoisotopic (exact) mass is 1270 g/mol. The number of benzene rings is 10. The van der Waals surface area contributed by atoms with E-state index in [2.05, 4.69) is 217 Å². The molecule has 0 N–H and O–H groups in total. The van der Waals surface area contributed by atoms with Gasteiger partial charge in [0.25, 0.3) is 0 Å². The summed E-state index contributed by atoms with van der Waals surface area (Å²) in [5, 5.41) is 2.04. The first-order valence-electron chi connectivity index (χ1n) is 38.2. The summed E-state index contributed by atoms with van der Waals surface area (Å²) in [6, 6.07) is 51.9. The van der Waals surface area contributed by atoms with Gasteiger partial charge in [0.2, 0.25) is 6.33 Å². The van der Waals surface area contributed by atoms with Crippen LogP contribution in [0.2, 0.25) is 0 Å². The van der Waals surface area contributed by atoms with Crippen molar-refractivity contribution < 1.29 is 23.0 Å². The second-order valence-electron chi connectivity index (χ2n) is 30.7. The van der Waals surface area contributed by atoms with E-state index >= 15 is 0 Å². The summed E-state index contributed by atoms with van der Waals surface area (Å²) in [7, 11) is 0. The smallest absolute Gasteiger partial charge is 0.244 e. The molecule has 6 nitrogen and oxygen atoms in total. The van der Waals surface area contributed by atoms with Crippen molar-refractivity contribution in [1.29, 1.82) is 0 Å². The fraction of sp³-hybridized carbons (Fsp3) is 0.256. The van der Waals surface area contributed by atoms with E-state index in [1.165, 1.54) is 33.4 Å². The van der Waals surface area contributed by atoms with Gasteiger partial charge in [0, 0.05) is 28.7 Å². The molecule has 0 saturated carbocycles. The number of pyridine rings is 1. The molecule has 96 heavy (non-hydrogen) atoms. The molecule has 0 atom stereocenters. The van der Waals surface area contributed by atoms with Crippen LogP contribution in [0, 0.1) is 12.9 Å². The van der Waals surface area contributed by atoms with Gasteiger partial charge < -0.3 is 13.9 Å². The van der Waals surface area contributed by atoms with Crippen molar-refractivity contribution in [3.8, 4) is 78.6 Å². The highest BCUT2D eigenvalue weighted by Crippen LogP contribution is 2.44. The normalized spacial score (nSPS) is 13.9.